The molecule has 0 aliphatic carbocycles. The number of fused-ring (bicyclic) bond motifs is 1. The van der Waals surface area contributed by atoms with Crippen molar-refractivity contribution < 1.29 is 14.3 Å². The molecule has 0 saturated carbocycles. The summed E-state index contributed by atoms with van der Waals surface area (Å²) in [6.07, 6.45) is 1.86. The molecule has 1 aliphatic rings. The number of nitrogens with one attached hydrogen (secondary N) is 1. The second-order valence-corrected chi connectivity index (χ2v) is 5.88. The van der Waals surface area contributed by atoms with Crippen LogP contribution >= 0.6 is 0 Å². The molecule has 0 bridgehead atoms. The molecule has 118 valence electrons. The summed E-state index contributed by atoms with van der Waals surface area (Å²) in [6, 6.07) is 5.72. The average molecular weight is 302 g/mol. The molecule has 2 rings (SSSR count). The van der Waals surface area contributed by atoms with Crippen LogP contribution in [-0.2, 0) is 9.59 Å². The number of anilines is 1. The van der Waals surface area contributed by atoms with Crippen molar-refractivity contribution in [3.63, 3.8) is 0 Å². The topological polar surface area (TPSA) is 58.6 Å². The second kappa shape index (κ2) is 6.22. The Morgan fingerprint density at radius 1 is 1.45 bits per heavy atom. The molecule has 1 N–H and O–H groups in total. The molecule has 0 radical (unpaired) electrons. The van der Waals surface area contributed by atoms with Gasteiger partial charge in [-0.25, -0.2) is 0 Å². The fourth-order valence-corrected chi connectivity index (χ4v) is 2.39. The van der Waals surface area contributed by atoms with Gasteiger partial charge in [0.2, 0.25) is 5.91 Å². The normalized spacial score (nSPS) is 15.8. The second-order valence-electron chi connectivity index (χ2n) is 5.88. The van der Waals surface area contributed by atoms with Crippen molar-refractivity contribution in [2.75, 3.05) is 18.0 Å². The van der Waals surface area contributed by atoms with E-state index in [1.807, 2.05) is 25.1 Å². The smallest absolute Gasteiger partial charge is 0.270 e. The third kappa shape index (κ3) is 3.30. The number of carbonyl (C=O) groups is 2. The molecule has 1 aromatic carbocycles. The zero-order valence-electron chi connectivity index (χ0n) is 13.3. The molecular weight excluding hydrogens is 280 g/mol. The van der Waals surface area contributed by atoms with Gasteiger partial charge in [0.15, 0.2) is 5.60 Å². The number of carbonyl (C=O) groups excluding carboxylic acids is 2. The summed E-state index contributed by atoms with van der Waals surface area (Å²) in [5.74, 6) is 0.426. The highest BCUT2D eigenvalue weighted by Crippen LogP contribution is 2.38. The van der Waals surface area contributed by atoms with Crippen LogP contribution in [0.15, 0.2) is 30.9 Å². The predicted octanol–water partition coefficient (Wildman–Crippen LogP) is 2.19. The van der Waals surface area contributed by atoms with E-state index >= 15 is 0 Å². The van der Waals surface area contributed by atoms with Crippen molar-refractivity contribution in [2.45, 2.75) is 32.8 Å². The summed E-state index contributed by atoms with van der Waals surface area (Å²) < 4.78 is 5.78. The lowest BCUT2D eigenvalue weighted by Gasteiger charge is -2.38. The summed E-state index contributed by atoms with van der Waals surface area (Å²) >= 11 is 0. The first-order chi connectivity index (χ1) is 10.3. The third-order valence-electron chi connectivity index (χ3n) is 3.54. The molecule has 0 spiro atoms. The Kier molecular flexibility index (Phi) is 4.54. The first kappa shape index (κ1) is 16.1. The Bertz CT molecular complexity index is 608. The molecule has 5 nitrogen and oxygen atoms in total. The molecule has 1 heterocycles. The number of aryl methyl sites for hydroxylation is 1. The van der Waals surface area contributed by atoms with Gasteiger partial charge >= 0.3 is 0 Å². The van der Waals surface area contributed by atoms with Crippen molar-refractivity contribution in [2.24, 2.45) is 0 Å². The van der Waals surface area contributed by atoms with E-state index in [4.69, 9.17) is 4.74 Å². The third-order valence-corrected chi connectivity index (χ3v) is 3.54. The summed E-state index contributed by atoms with van der Waals surface area (Å²) in [4.78, 5) is 26.0. The van der Waals surface area contributed by atoms with E-state index in [1.165, 1.54) is 0 Å². The minimum Gasteiger partial charge on any atom is -0.476 e. The van der Waals surface area contributed by atoms with Crippen LogP contribution in [0.25, 0.3) is 0 Å². The largest absolute Gasteiger partial charge is 0.476 e. The van der Waals surface area contributed by atoms with Gasteiger partial charge in [0.05, 0.1) is 5.69 Å². The van der Waals surface area contributed by atoms with Gasteiger partial charge in [-0.3, -0.25) is 9.59 Å². The molecule has 22 heavy (non-hydrogen) atoms. The molecule has 5 heteroatoms. The maximum absolute atomic E-state index is 12.6. The van der Waals surface area contributed by atoms with Gasteiger partial charge in [0.25, 0.3) is 5.91 Å². The van der Waals surface area contributed by atoms with E-state index < -0.39 is 5.60 Å². The zero-order chi connectivity index (χ0) is 16.3. The molecule has 0 unspecified atom stereocenters. The van der Waals surface area contributed by atoms with E-state index in [1.54, 1.807) is 24.8 Å². The lowest BCUT2D eigenvalue weighted by Crippen LogP contribution is -2.53. The monoisotopic (exact) mass is 302 g/mol. The first-order valence-corrected chi connectivity index (χ1v) is 7.34. The lowest BCUT2D eigenvalue weighted by atomic mass is 10.0. The van der Waals surface area contributed by atoms with Crippen LogP contribution in [0.2, 0.25) is 0 Å². The minimum absolute atomic E-state index is 0.105. The van der Waals surface area contributed by atoms with Gasteiger partial charge < -0.3 is 15.0 Å². The molecule has 0 atom stereocenters. The number of amides is 2. The Labute approximate surface area is 130 Å². The highest BCUT2D eigenvalue weighted by Gasteiger charge is 2.40. The van der Waals surface area contributed by atoms with Crippen molar-refractivity contribution in [3.8, 4) is 5.75 Å². The first-order valence-electron chi connectivity index (χ1n) is 7.34. The molecule has 2 amide bonds. The van der Waals surface area contributed by atoms with Gasteiger partial charge in [0.1, 0.15) is 5.75 Å². The Morgan fingerprint density at radius 2 is 2.18 bits per heavy atom. The number of hydrogen-bond acceptors (Lipinski definition) is 3. The summed E-state index contributed by atoms with van der Waals surface area (Å²) in [5, 5.41) is 2.72. The maximum atomic E-state index is 12.6. The van der Waals surface area contributed by atoms with Crippen molar-refractivity contribution in [1.82, 2.24) is 5.32 Å². The summed E-state index contributed by atoms with van der Waals surface area (Å²) in [6.45, 7) is 9.75. The summed E-state index contributed by atoms with van der Waals surface area (Å²) in [7, 11) is 0. The van der Waals surface area contributed by atoms with Crippen molar-refractivity contribution in [1.29, 1.82) is 0 Å². The number of nitrogens with zero attached hydrogens (tertiary/aromatic N) is 1. The number of benzene rings is 1. The number of ether oxygens (including phenoxy) is 1. The van der Waals surface area contributed by atoms with Gasteiger partial charge in [-0.1, -0.05) is 12.1 Å². The van der Waals surface area contributed by atoms with Crippen molar-refractivity contribution in [3.05, 3.63) is 36.4 Å². The van der Waals surface area contributed by atoms with E-state index in [0.29, 0.717) is 18.8 Å². The SMILES string of the molecule is C=CCNC(=O)CCN1C(=O)C(C)(C)Oc2ccc(C)cc21. The van der Waals surface area contributed by atoms with Crippen LogP contribution in [0.5, 0.6) is 5.75 Å². The van der Waals surface area contributed by atoms with Crippen LogP contribution in [0.3, 0.4) is 0 Å². The number of hydrogen-bond donors (Lipinski definition) is 1. The van der Waals surface area contributed by atoms with Crippen LogP contribution in [0.4, 0.5) is 5.69 Å². The van der Waals surface area contributed by atoms with E-state index in [0.717, 1.165) is 11.3 Å². The quantitative estimate of drug-likeness (QED) is 0.848. The maximum Gasteiger partial charge on any atom is 0.270 e. The zero-order valence-corrected chi connectivity index (χ0v) is 13.3. The molecule has 0 fully saturated rings. The van der Waals surface area contributed by atoms with Gasteiger partial charge in [0, 0.05) is 19.5 Å². The standard InChI is InChI=1S/C17H22N2O3/c1-5-9-18-15(20)8-10-19-13-11-12(2)6-7-14(13)22-17(3,4)16(19)21/h5-7,11H,1,8-10H2,2-4H3,(H,18,20). The number of rotatable bonds is 5. The van der Waals surface area contributed by atoms with Crippen LogP contribution in [-0.4, -0.2) is 30.5 Å². The minimum atomic E-state index is -0.931. The van der Waals surface area contributed by atoms with Gasteiger partial charge in [-0.15, -0.1) is 6.58 Å². The molecular formula is C17H22N2O3. The van der Waals surface area contributed by atoms with Crippen LogP contribution < -0.4 is 15.0 Å². The van der Waals surface area contributed by atoms with Gasteiger partial charge in [-0.2, -0.15) is 0 Å². The van der Waals surface area contributed by atoms with Crippen LogP contribution in [0.1, 0.15) is 25.8 Å². The lowest BCUT2D eigenvalue weighted by molar-refractivity contribution is -0.132. The van der Waals surface area contributed by atoms with E-state index in [9.17, 15) is 9.59 Å². The molecule has 0 aromatic heterocycles. The fraction of sp³-hybridized carbons (Fsp3) is 0.412. The van der Waals surface area contributed by atoms with Crippen molar-refractivity contribution >= 4 is 17.5 Å². The highest BCUT2D eigenvalue weighted by atomic mass is 16.5. The Balaban J connectivity index is 2.21. The molecule has 0 saturated heterocycles. The summed E-state index contributed by atoms with van der Waals surface area (Å²) in [5.41, 5.74) is 0.830. The molecule has 1 aliphatic heterocycles. The Hall–Kier alpha value is -2.30. The van der Waals surface area contributed by atoms with Gasteiger partial charge in [-0.05, 0) is 38.5 Å². The fourth-order valence-electron chi connectivity index (χ4n) is 2.39. The Morgan fingerprint density at radius 3 is 2.86 bits per heavy atom. The predicted molar refractivity (Wildman–Crippen MR) is 86.1 cm³/mol. The average Bonchev–Trinajstić information content (AvgIpc) is 2.46. The van der Waals surface area contributed by atoms with E-state index in [2.05, 4.69) is 11.9 Å². The molecule has 1 aromatic rings. The van der Waals surface area contributed by atoms with E-state index in [-0.39, 0.29) is 18.2 Å². The highest BCUT2D eigenvalue weighted by molar-refractivity contribution is 6.02. The van der Waals surface area contributed by atoms with Crippen LogP contribution in [0, 0.1) is 6.92 Å².